The highest BCUT2D eigenvalue weighted by Crippen LogP contribution is 2.23. The number of carboxylic acids is 1. The van der Waals surface area contributed by atoms with Crippen LogP contribution in [0.3, 0.4) is 0 Å². The molecule has 0 fully saturated rings. The van der Waals surface area contributed by atoms with Crippen LogP contribution >= 0.6 is 0 Å². The highest BCUT2D eigenvalue weighted by atomic mass is 19.1. The van der Waals surface area contributed by atoms with Gasteiger partial charge in [-0.3, -0.25) is 0 Å². The first-order valence-electron chi connectivity index (χ1n) is 5.83. The number of carbonyl (C=O) groups is 1. The van der Waals surface area contributed by atoms with Gasteiger partial charge < -0.3 is 9.63 Å². The Morgan fingerprint density at radius 1 is 1.42 bits per heavy atom. The zero-order valence-corrected chi connectivity index (χ0v) is 11.0. The van der Waals surface area contributed by atoms with E-state index in [1.165, 1.54) is 18.6 Å². The summed E-state index contributed by atoms with van der Waals surface area (Å²) in [7, 11) is 0. The monoisotopic (exact) mass is 266 g/mol. The Balaban J connectivity index is 0.000000550. The van der Waals surface area contributed by atoms with E-state index in [4.69, 9.17) is 9.63 Å². The van der Waals surface area contributed by atoms with Crippen molar-refractivity contribution < 1.29 is 18.8 Å². The van der Waals surface area contributed by atoms with E-state index < -0.39 is 17.3 Å². The molecule has 0 radical (unpaired) electrons. The Kier molecular flexibility index (Phi) is 5.17. The maximum absolute atomic E-state index is 13.3. The summed E-state index contributed by atoms with van der Waals surface area (Å²) in [6.07, 6.45) is 1.25. The predicted molar refractivity (Wildman–Crippen MR) is 67.4 cm³/mol. The van der Waals surface area contributed by atoms with Crippen molar-refractivity contribution in [3.63, 3.8) is 0 Å². The van der Waals surface area contributed by atoms with Gasteiger partial charge in [0, 0.05) is 12.5 Å². The largest absolute Gasteiger partial charge is 0.478 e. The van der Waals surface area contributed by atoms with Crippen LogP contribution in [0.2, 0.25) is 0 Å². The lowest BCUT2D eigenvalue weighted by Crippen LogP contribution is -2.03. The molecule has 0 spiro atoms. The predicted octanol–water partition coefficient (Wildman–Crippen LogP) is 3.30. The molecule has 0 aliphatic heterocycles. The van der Waals surface area contributed by atoms with E-state index >= 15 is 0 Å². The summed E-state index contributed by atoms with van der Waals surface area (Å²) in [5.74, 6) is -1.84. The molecule has 1 N–H and O–H groups in total. The first-order chi connectivity index (χ1) is 9.01. The number of halogens is 1. The lowest BCUT2D eigenvalue weighted by Gasteiger charge is -2.01. The molecule has 0 saturated heterocycles. The molecule has 0 bridgehead atoms. The fraction of sp³-hybridized carbons (Fsp3) is 0.308. The second-order valence-corrected chi connectivity index (χ2v) is 3.81. The van der Waals surface area contributed by atoms with Gasteiger partial charge in [-0.05, 0) is 12.1 Å². The van der Waals surface area contributed by atoms with Gasteiger partial charge in [-0.15, -0.1) is 0 Å². The third-order valence-electron chi connectivity index (χ3n) is 2.00. The zero-order valence-electron chi connectivity index (χ0n) is 11.0. The van der Waals surface area contributed by atoms with Crippen molar-refractivity contribution in [1.29, 1.82) is 0 Å². The fourth-order valence-electron chi connectivity index (χ4n) is 1.34. The number of nitrogens with zero attached hydrogens (tertiary/aromatic N) is 2. The van der Waals surface area contributed by atoms with Gasteiger partial charge in [-0.2, -0.15) is 4.98 Å². The average Bonchev–Trinajstić information content (AvgIpc) is 2.76. The van der Waals surface area contributed by atoms with Crippen LogP contribution in [0.25, 0.3) is 11.4 Å². The molecule has 5 nitrogen and oxygen atoms in total. The van der Waals surface area contributed by atoms with E-state index in [1.54, 1.807) is 6.92 Å². The normalized spacial score (nSPS) is 9.68. The number of hydrogen-bond donors (Lipinski definition) is 1. The molecular formula is C13H15FN2O3. The maximum Gasteiger partial charge on any atom is 0.339 e. The standard InChI is InChI=1S/C10H7FN2O3.C3H8/c1-5-12-9(13-16-5)6-3-2-4-7(11)8(6)10(14)15;1-3-2/h2-4H,1H3,(H,14,15);3H2,1-2H3. The fourth-order valence-corrected chi connectivity index (χ4v) is 1.34. The molecule has 0 unspecified atom stereocenters. The number of benzene rings is 1. The first-order valence-corrected chi connectivity index (χ1v) is 5.83. The van der Waals surface area contributed by atoms with Crippen LogP contribution < -0.4 is 0 Å². The van der Waals surface area contributed by atoms with Gasteiger partial charge in [0.15, 0.2) is 0 Å². The summed E-state index contributed by atoms with van der Waals surface area (Å²) >= 11 is 0. The highest BCUT2D eigenvalue weighted by Gasteiger charge is 2.19. The Labute approximate surface area is 110 Å². The summed E-state index contributed by atoms with van der Waals surface area (Å²) in [4.78, 5) is 14.8. The van der Waals surface area contributed by atoms with Crippen molar-refractivity contribution in [3.8, 4) is 11.4 Å². The second-order valence-electron chi connectivity index (χ2n) is 3.81. The smallest absolute Gasteiger partial charge is 0.339 e. The number of aromatic carboxylic acids is 1. The van der Waals surface area contributed by atoms with Gasteiger partial charge in [0.2, 0.25) is 11.7 Å². The van der Waals surface area contributed by atoms with Crippen LogP contribution in [0, 0.1) is 12.7 Å². The number of rotatable bonds is 2. The van der Waals surface area contributed by atoms with Gasteiger partial charge in [0.1, 0.15) is 11.4 Å². The van der Waals surface area contributed by atoms with Crippen LogP contribution in [0.15, 0.2) is 22.7 Å². The quantitative estimate of drug-likeness (QED) is 0.902. The molecule has 0 aliphatic rings. The molecule has 2 rings (SSSR count). The molecule has 1 heterocycles. The van der Waals surface area contributed by atoms with E-state index in [-0.39, 0.29) is 17.3 Å². The molecule has 1 aromatic heterocycles. The van der Waals surface area contributed by atoms with Crippen LogP contribution in [-0.2, 0) is 0 Å². The van der Waals surface area contributed by atoms with E-state index in [9.17, 15) is 9.18 Å². The molecule has 0 amide bonds. The Morgan fingerprint density at radius 2 is 2.05 bits per heavy atom. The van der Waals surface area contributed by atoms with Crippen molar-refractivity contribution in [2.24, 2.45) is 0 Å². The highest BCUT2D eigenvalue weighted by molar-refractivity contribution is 5.95. The first kappa shape index (κ1) is 14.8. The van der Waals surface area contributed by atoms with Crippen molar-refractivity contribution in [1.82, 2.24) is 10.1 Å². The second kappa shape index (κ2) is 6.63. The lowest BCUT2D eigenvalue weighted by molar-refractivity contribution is 0.0692. The summed E-state index contributed by atoms with van der Waals surface area (Å²) in [5.41, 5.74) is -0.354. The topological polar surface area (TPSA) is 76.2 Å². The SMILES string of the molecule is CCC.Cc1nc(-c2cccc(F)c2C(=O)O)no1. The van der Waals surface area contributed by atoms with Crippen LogP contribution in [0.5, 0.6) is 0 Å². The number of carboxylic acid groups (broad SMARTS) is 1. The van der Waals surface area contributed by atoms with Gasteiger partial charge in [0.25, 0.3) is 0 Å². The molecule has 102 valence electrons. The van der Waals surface area contributed by atoms with Gasteiger partial charge in [-0.25, -0.2) is 9.18 Å². The van der Waals surface area contributed by atoms with Crippen molar-refractivity contribution in [3.05, 3.63) is 35.5 Å². The Morgan fingerprint density at radius 3 is 2.53 bits per heavy atom. The summed E-state index contributed by atoms with van der Waals surface area (Å²) in [6.45, 7) is 5.82. The van der Waals surface area contributed by atoms with E-state index in [0.29, 0.717) is 0 Å². The van der Waals surface area contributed by atoms with Gasteiger partial charge in [-0.1, -0.05) is 31.5 Å². The van der Waals surface area contributed by atoms with E-state index in [2.05, 4.69) is 24.0 Å². The number of hydrogen-bond acceptors (Lipinski definition) is 4. The Bertz CT molecular complexity index is 567. The van der Waals surface area contributed by atoms with E-state index in [1.807, 2.05) is 0 Å². The third kappa shape index (κ3) is 3.61. The van der Waals surface area contributed by atoms with Crippen molar-refractivity contribution in [2.45, 2.75) is 27.2 Å². The molecule has 0 aliphatic carbocycles. The average molecular weight is 266 g/mol. The minimum Gasteiger partial charge on any atom is -0.478 e. The minimum absolute atomic E-state index is 0.0643. The van der Waals surface area contributed by atoms with Crippen LogP contribution in [0.4, 0.5) is 4.39 Å². The molecular weight excluding hydrogens is 251 g/mol. The number of aryl methyl sites for hydroxylation is 1. The summed E-state index contributed by atoms with van der Waals surface area (Å²) in [6, 6.07) is 3.89. The third-order valence-corrected chi connectivity index (χ3v) is 2.00. The Hall–Kier alpha value is -2.24. The van der Waals surface area contributed by atoms with Gasteiger partial charge in [0.05, 0.1) is 0 Å². The van der Waals surface area contributed by atoms with E-state index in [0.717, 1.165) is 6.07 Å². The molecule has 1 aromatic carbocycles. The lowest BCUT2D eigenvalue weighted by atomic mass is 10.1. The zero-order chi connectivity index (χ0) is 14.4. The summed E-state index contributed by atoms with van der Waals surface area (Å²) < 4.78 is 18.0. The van der Waals surface area contributed by atoms with Gasteiger partial charge >= 0.3 is 5.97 Å². The van der Waals surface area contributed by atoms with Crippen LogP contribution in [0.1, 0.15) is 36.5 Å². The molecule has 0 saturated carbocycles. The minimum atomic E-state index is -1.37. The summed E-state index contributed by atoms with van der Waals surface area (Å²) in [5, 5.41) is 12.4. The molecule has 19 heavy (non-hydrogen) atoms. The van der Waals surface area contributed by atoms with Crippen molar-refractivity contribution in [2.75, 3.05) is 0 Å². The van der Waals surface area contributed by atoms with Crippen LogP contribution in [-0.4, -0.2) is 21.2 Å². The molecule has 6 heteroatoms. The maximum atomic E-state index is 13.3. The number of aromatic nitrogens is 2. The van der Waals surface area contributed by atoms with Crippen molar-refractivity contribution >= 4 is 5.97 Å². The molecule has 2 aromatic rings. The molecule has 0 atom stereocenters.